The number of aromatic nitrogens is 4. The standard InChI is InChI=1S/C10H11N5O/c1-2-3-11-5-7-15-10(16)14-6-4-12-8-9(14)13-15/h1,4,6,8,11H,3,5,7H2. The maximum atomic E-state index is 11.8. The van der Waals surface area contributed by atoms with Crippen molar-refractivity contribution in [1.82, 2.24) is 24.5 Å². The Morgan fingerprint density at radius 2 is 2.44 bits per heavy atom. The van der Waals surface area contributed by atoms with Crippen molar-refractivity contribution in [2.45, 2.75) is 6.54 Å². The van der Waals surface area contributed by atoms with Gasteiger partial charge in [0.15, 0.2) is 5.65 Å². The number of hydrogen-bond acceptors (Lipinski definition) is 4. The zero-order valence-corrected chi connectivity index (χ0v) is 8.63. The maximum absolute atomic E-state index is 11.8. The molecule has 0 aromatic carbocycles. The lowest BCUT2D eigenvalue weighted by Gasteiger charge is -1.98. The zero-order chi connectivity index (χ0) is 11.4. The smallest absolute Gasteiger partial charge is 0.304 e. The molecule has 0 aliphatic heterocycles. The van der Waals surface area contributed by atoms with Crippen molar-refractivity contribution in [3.63, 3.8) is 0 Å². The lowest BCUT2D eigenvalue weighted by molar-refractivity contribution is 0.559. The van der Waals surface area contributed by atoms with Gasteiger partial charge in [-0.05, 0) is 0 Å². The van der Waals surface area contributed by atoms with Crippen LogP contribution in [-0.4, -0.2) is 32.3 Å². The number of fused-ring (bicyclic) bond motifs is 1. The summed E-state index contributed by atoms with van der Waals surface area (Å²) in [5.74, 6) is 2.46. The predicted octanol–water partition coefficient (Wildman–Crippen LogP) is -0.886. The highest BCUT2D eigenvalue weighted by molar-refractivity contribution is 5.31. The normalized spacial score (nSPS) is 10.4. The van der Waals surface area contributed by atoms with Gasteiger partial charge in [-0.3, -0.25) is 4.98 Å². The first-order chi connectivity index (χ1) is 7.83. The van der Waals surface area contributed by atoms with Gasteiger partial charge in [-0.1, -0.05) is 5.92 Å². The Kier molecular flexibility index (Phi) is 2.98. The third-order valence-electron chi connectivity index (χ3n) is 2.12. The number of nitrogens with one attached hydrogen (secondary N) is 1. The lowest BCUT2D eigenvalue weighted by atomic mass is 10.6. The molecule has 1 N–H and O–H groups in total. The summed E-state index contributed by atoms with van der Waals surface area (Å²) in [6, 6.07) is 0. The fraction of sp³-hybridized carbons (Fsp3) is 0.300. The van der Waals surface area contributed by atoms with E-state index >= 15 is 0 Å². The van der Waals surface area contributed by atoms with Gasteiger partial charge in [0.2, 0.25) is 0 Å². The molecule has 0 spiro atoms. The molecule has 6 nitrogen and oxygen atoms in total. The van der Waals surface area contributed by atoms with Crippen molar-refractivity contribution in [1.29, 1.82) is 0 Å². The van der Waals surface area contributed by atoms with Crippen LogP contribution in [0.5, 0.6) is 0 Å². The van der Waals surface area contributed by atoms with Crippen LogP contribution >= 0.6 is 0 Å². The van der Waals surface area contributed by atoms with Crippen LogP contribution in [0.2, 0.25) is 0 Å². The Bertz CT molecular complexity index is 577. The van der Waals surface area contributed by atoms with Crippen LogP contribution < -0.4 is 11.0 Å². The highest BCUT2D eigenvalue weighted by atomic mass is 16.2. The molecule has 2 aromatic heterocycles. The monoisotopic (exact) mass is 217 g/mol. The second kappa shape index (κ2) is 4.59. The van der Waals surface area contributed by atoms with Gasteiger partial charge in [-0.25, -0.2) is 13.9 Å². The first-order valence-electron chi connectivity index (χ1n) is 4.86. The first kappa shape index (κ1) is 10.4. The van der Waals surface area contributed by atoms with E-state index in [0.29, 0.717) is 25.3 Å². The lowest BCUT2D eigenvalue weighted by Crippen LogP contribution is -2.27. The summed E-state index contributed by atoms with van der Waals surface area (Å²) in [6.07, 6.45) is 9.78. The van der Waals surface area contributed by atoms with Crippen molar-refractivity contribution >= 4 is 5.65 Å². The van der Waals surface area contributed by atoms with E-state index < -0.39 is 0 Å². The number of rotatable bonds is 4. The third-order valence-corrected chi connectivity index (χ3v) is 2.12. The molecule has 0 atom stereocenters. The van der Waals surface area contributed by atoms with E-state index in [4.69, 9.17) is 6.42 Å². The van der Waals surface area contributed by atoms with E-state index in [0.717, 1.165) is 0 Å². The average molecular weight is 217 g/mol. The Hall–Kier alpha value is -2.13. The van der Waals surface area contributed by atoms with Crippen LogP contribution in [0, 0.1) is 12.3 Å². The quantitative estimate of drug-likeness (QED) is 0.533. The van der Waals surface area contributed by atoms with E-state index in [1.807, 2.05) is 0 Å². The number of nitrogens with zero attached hydrogens (tertiary/aromatic N) is 4. The van der Waals surface area contributed by atoms with Crippen LogP contribution in [0.1, 0.15) is 0 Å². The molecule has 0 amide bonds. The Morgan fingerprint density at radius 3 is 3.19 bits per heavy atom. The van der Waals surface area contributed by atoms with Crippen molar-refractivity contribution in [3.05, 3.63) is 29.1 Å². The van der Waals surface area contributed by atoms with Crippen LogP contribution in [0.4, 0.5) is 0 Å². The van der Waals surface area contributed by atoms with E-state index in [-0.39, 0.29) is 5.69 Å². The summed E-state index contributed by atoms with van der Waals surface area (Å²) in [5.41, 5.74) is 0.379. The molecule has 0 aliphatic carbocycles. The van der Waals surface area contributed by atoms with Gasteiger partial charge >= 0.3 is 5.69 Å². The fourth-order valence-electron chi connectivity index (χ4n) is 1.37. The highest BCUT2D eigenvalue weighted by Crippen LogP contribution is 1.91. The Labute approximate surface area is 91.9 Å². The van der Waals surface area contributed by atoms with Gasteiger partial charge < -0.3 is 5.32 Å². The zero-order valence-electron chi connectivity index (χ0n) is 8.63. The van der Waals surface area contributed by atoms with Gasteiger partial charge in [0.1, 0.15) is 0 Å². The van der Waals surface area contributed by atoms with Gasteiger partial charge in [0.25, 0.3) is 0 Å². The second-order valence-corrected chi connectivity index (χ2v) is 3.19. The first-order valence-corrected chi connectivity index (χ1v) is 4.86. The van der Waals surface area contributed by atoms with Crippen LogP contribution in [0.3, 0.4) is 0 Å². The molecular weight excluding hydrogens is 206 g/mol. The summed E-state index contributed by atoms with van der Waals surface area (Å²) in [5, 5.41) is 7.12. The summed E-state index contributed by atoms with van der Waals surface area (Å²) in [7, 11) is 0. The van der Waals surface area contributed by atoms with Crippen LogP contribution in [0.15, 0.2) is 23.4 Å². The topological polar surface area (TPSA) is 64.2 Å². The van der Waals surface area contributed by atoms with Crippen molar-refractivity contribution in [2.75, 3.05) is 13.1 Å². The maximum Gasteiger partial charge on any atom is 0.350 e. The molecule has 82 valence electrons. The molecule has 2 heterocycles. The molecule has 16 heavy (non-hydrogen) atoms. The van der Waals surface area contributed by atoms with Crippen molar-refractivity contribution in [3.8, 4) is 12.3 Å². The number of terminal acetylenes is 1. The third kappa shape index (κ3) is 1.94. The van der Waals surface area contributed by atoms with Gasteiger partial charge in [0.05, 0.1) is 19.3 Å². The molecule has 0 bridgehead atoms. The fourth-order valence-corrected chi connectivity index (χ4v) is 1.37. The molecule has 2 aromatic rings. The summed E-state index contributed by atoms with van der Waals surface area (Å²) < 4.78 is 2.84. The van der Waals surface area contributed by atoms with Crippen molar-refractivity contribution < 1.29 is 0 Å². The molecule has 0 saturated carbocycles. The predicted molar refractivity (Wildman–Crippen MR) is 58.9 cm³/mol. The minimum Gasteiger partial charge on any atom is -0.304 e. The SMILES string of the molecule is C#CCNCCn1nc2cnccn2c1=O. The largest absolute Gasteiger partial charge is 0.350 e. The van der Waals surface area contributed by atoms with E-state index in [1.165, 1.54) is 9.08 Å². The Morgan fingerprint density at radius 1 is 1.56 bits per heavy atom. The van der Waals surface area contributed by atoms with Crippen molar-refractivity contribution in [2.24, 2.45) is 0 Å². The van der Waals surface area contributed by atoms with Gasteiger partial charge in [-0.15, -0.1) is 11.5 Å². The molecule has 0 fully saturated rings. The average Bonchev–Trinajstić information content (AvgIpc) is 2.63. The van der Waals surface area contributed by atoms with Crippen LogP contribution in [-0.2, 0) is 6.54 Å². The highest BCUT2D eigenvalue weighted by Gasteiger charge is 2.04. The van der Waals surface area contributed by atoms with Gasteiger partial charge in [-0.2, -0.15) is 0 Å². The number of hydrogen-bond donors (Lipinski definition) is 1. The summed E-state index contributed by atoms with van der Waals surface area (Å²) in [4.78, 5) is 15.7. The summed E-state index contributed by atoms with van der Waals surface area (Å²) in [6.45, 7) is 1.59. The van der Waals surface area contributed by atoms with Gasteiger partial charge in [0, 0.05) is 18.9 Å². The Balaban J connectivity index is 2.16. The van der Waals surface area contributed by atoms with E-state index in [1.54, 1.807) is 18.6 Å². The minimum absolute atomic E-state index is 0.167. The molecule has 0 saturated heterocycles. The molecule has 6 heteroatoms. The minimum atomic E-state index is -0.167. The van der Waals surface area contributed by atoms with Crippen LogP contribution in [0.25, 0.3) is 5.65 Å². The second-order valence-electron chi connectivity index (χ2n) is 3.19. The van der Waals surface area contributed by atoms with E-state index in [2.05, 4.69) is 21.3 Å². The molecule has 0 aliphatic rings. The van der Waals surface area contributed by atoms with E-state index in [9.17, 15) is 4.79 Å². The molecule has 0 unspecified atom stereocenters. The molecule has 0 radical (unpaired) electrons. The molecule has 2 rings (SSSR count). The summed E-state index contributed by atoms with van der Waals surface area (Å²) >= 11 is 0. The molecular formula is C10H11N5O.